The Morgan fingerprint density at radius 2 is 1.83 bits per heavy atom. The Hall–Kier alpha value is -3.49. The van der Waals surface area contributed by atoms with Crippen LogP contribution in [-0.4, -0.2) is 31.1 Å². The van der Waals surface area contributed by atoms with E-state index >= 15 is 0 Å². The molecule has 9 heteroatoms. The van der Waals surface area contributed by atoms with Gasteiger partial charge in [0.2, 0.25) is 11.8 Å². The van der Waals surface area contributed by atoms with Crippen molar-refractivity contribution >= 4 is 28.5 Å². The van der Waals surface area contributed by atoms with Crippen LogP contribution in [0.5, 0.6) is 0 Å². The minimum absolute atomic E-state index is 0.0961. The summed E-state index contributed by atoms with van der Waals surface area (Å²) in [6, 6.07) is 6.28. The molecule has 0 radical (unpaired) electrons. The Balaban J connectivity index is 1.75. The molecule has 2 amide bonds. The number of primary amides is 1. The molecule has 152 valence electrons. The zero-order valence-electron chi connectivity index (χ0n) is 16.9. The largest absolute Gasteiger partial charge is 0.366 e. The van der Waals surface area contributed by atoms with Crippen LogP contribution in [0.4, 0.5) is 5.69 Å². The van der Waals surface area contributed by atoms with Crippen LogP contribution in [0.2, 0.25) is 0 Å². The zero-order chi connectivity index (χ0) is 21.3. The Kier molecular flexibility index (Phi) is 5.23. The van der Waals surface area contributed by atoms with Gasteiger partial charge in [0.25, 0.3) is 5.56 Å². The average Bonchev–Trinajstić information content (AvgIpc) is 3.06. The molecule has 3 aromatic rings. The van der Waals surface area contributed by atoms with Crippen LogP contribution in [0.1, 0.15) is 43.4 Å². The van der Waals surface area contributed by atoms with Crippen molar-refractivity contribution in [3.05, 3.63) is 52.2 Å². The maximum atomic E-state index is 12.9. The van der Waals surface area contributed by atoms with E-state index in [2.05, 4.69) is 15.4 Å². The van der Waals surface area contributed by atoms with Crippen molar-refractivity contribution in [2.45, 2.75) is 46.2 Å². The SMILES string of the molecule is Cc1nc2c(cnn2C(C)(C)C)c(=O)n1CCC(=O)Nc1ccc(C(N)=O)cc1. The summed E-state index contributed by atoms with van der Waals surface area (Å²) in [6.07, 6.45) is 1.62. The van der Waals surface area contributed by atoms with Gasteiger partial charge < -0.3 is 11.1 Å². The molecule has 0 atom stereocenters. The molecular weight excluding hydrogens is 372 g/mol. The third-order valence-corrected chi connectivity index (χ3v) is 4.53. The minimum Gasteiger partial charge on any atom is -0.366 e. The summed E-state index contributed by atoms with van der Waals surface area (Å²) in [5.41, 5.74) is 6.12. The van der Waals surface area contributed by atoms with Crippen LogP contribution >= 0.6 is 0 Å². The fraction of sp³-hybridized carbons (Fsp3) is 0.350. The summed E-state index contributed by atoms with van der Waals surface area (Å²) in [5.74, 6) is -0.267. The number of anilines is 1. The Labute approximate surface area is 167 Å². The van der Waals surface area contributed by atoms with E-state index in [0.717, 1.165) is 0 Å². The van der Waals surface area contributed by atoms with Crippen LogP contribution in [0.15, 0.2) is 35.3 Å². The molecule has 0 aliphatic heterocycles. The number of fused-ring (bicyclic) bond motifs is 1. The van der Waals surface area contributed by atoms with Gasteiger partial charge in [-0.2, -0.15) is 5.10 Å². The lowest BCUT2D eigenvalue weighted by Gasteiger charge is -2.20. The predicted molar refractivity (Wildman–Crippen MR) is 110 cm³/mol. The lowest BCUT2D eigenvalue weighted by atomic mass is 10.1. The fourth-order valence-corrected chi connectivity index (χ4v) is 3.02. The number of amides is 2. The van der Waals surface area contributed by atoms with Crippen molar-refractivity contribution in [2.75, 3.05) is 5.32 Å². The van der Waals surface area contributed by atoms with Crippen LogP contribution < -0.4 is 16.6 Å². The third kappa shape index (κ3) is 4.18. The molecular formula is C20H24N6O3. The number of rotatable bonds is 5. The van der Waals surface area contributed by atoms with Gasteiger partial charge in [-0.05, 0) is 52.0 Å². The van der Waals surface area contributed by atoms with E-state index < -0.39 is 5.91 Å². The minimum atomic E-state index is -0.532. The number of carbonyl (C=O) groups excluding carboxylic acids is 2. The molecule has 0 spiro atoms. The van der Waals surface area contributed by atoms with Gasteiger partial charge in [-0.25, -0.2) is 9.67 Å². The van der Waals surface area contributed by atoms with E-state index in [0.29, 0.717) is 28.1 Å². The molecule has 2 heterocycles. The zero-order valence-corrected chi connectivity index (χ0v) is 16.9. The molecule has 2 aromatic heterocycles. The average molecular weight is 396 g/mol. The van der Waals surface area contributed by atoms with E-state index in [-0.39, 0.29) is 30.0 Å². The van der Waals surface area contributed by atoms with Crippen molar-refractivity contribution < 1.29 is 9.59 Å². The summed E-state index contributed by atoms with van der Waals surface area (Å²) in [7, 11) is 0. The number of benzene rings is 1. The van der Waals surface area contributed by atoms with E-state index in [1.807, 2.05) is 20.8 Å². The van der Waals surface area contributed by atoms with Crippen LogP contribution in [0, 0.1) is 6.92 Å². The molecule has 0 aliphatic carbocycles. The molecule has 0 saturated heterocycles. The highest BCUT2D eigenvalue weighted by Crippen LogP contribution is 2.18. The van der Waals surface area contributed by atoms with Crippen molar-refractivity contribution in [3.8, 4) is 0 Å². The first-order valence-corrected chi connectivity index (χ1v) is 9.23. The number of aromatic nitrogens is 4. The normalized spacial score (nSPS) is 11.6. The number of carbonyl (C=O) groups is 2. The smallest absolute Gasteiger partial charge is 0.264 e. The van der Waals surface area contributed by atoms with E-state index in [1.165, 1.54) is 22.9 Å². The van der Waals surface area contributed by atoms with Gasteiger partial charge in [-0.1, -0.05) is 0 Å². The number of nitrogens with zero attached hydrogens (tertiary/aromatic N) is 4. The molecule has 0 bridgehead atoms. The number of nitrogens with one attached hydrogen (secondary N) is 1. The Bertz CT molecular complexity index is 1140. The molecule has 3 rings (SSSR count). The second-order valence-electron chi connectivity index (χ2n) is 7.82. The van der Waals surface area contributed by atoms with Crippen molar-refractivity contribution in [2.24, 2.45) is 5.73 Å². The quantitative estimate of drug-likeness (QED) is 0.680. The highest BCUT2D eigenvalue weighted by Gasteiger charge is 2.21. The maximum absolute atomic E-state index is 12.9. The monoisotopic (exact) mass is 396 g/mol. The van der Waals surface area contributed by atoms with Crippen LogP contribution in [0.25, 0.3) is 11.0 Å². The summed E-state index contributed by atoms with van der Waals surface area (Å²) < 4.78 is 3.20. The highest BCUT2D eigenvalue weighted by molar-refractivity contribution is 5.94. The van der Waals surface area contributed by atoms with Gasteiger partial charge >= 0.3 is 0 Å². The van der Waals surface area contributed by atoms with E-state index in [9.17, 15) is 14.4 Å². The summed E-state index contributed by atoms with van der Waals surface area (Å²) in [6.45, 7) is 7.90. The molecule has 0 fully saturated rings. The van der Waals surface area contributed by atoms with E-state index in [4.69, 9.17) is 5.73 Å². The molecule has 1 aromatic carbocycles. The van der Waals surface area contributed by atoms with Crippen molar-refractivity contribution in [1.29, 1.82) is 0 Å². The van der Waals surface area contributed by atoms with E-state index in [1.54, 1.807) is 23.7 Å². The van der Waals surface area contributed by atoms with Gasteiger partial charge in [0, 0.05) is 24.2 Å². The summed E-state index contributed by atoms with van der Waals surface area (Å²) >= 11 is 0. The number of hydrogen-bond donors (Lipinski definition) is 2. The first-order chi connectivity index (χ1) is 13.6. The van der Waals surface area contributed by atoms with Gasteiger partial charge in [-0.3, -0.25) is 19.0 Å². The van der Waals surface area contributed by atoms with Gasteiger partial charge in [0.05, 0.1) is 11.7 Å². The topological polar surface area (TPSA) is 125 Å². The lowest BCUT2D eigenvalue weighted by molar-refractivity contribution is -0.116. The molecule has 29 heavy (non-hydrogen) atoms. The van der Waals surface area contributed by atoms with Gasteiger partial charge in [0.1, 0.15) is 11.2 Å². The number of nitrogens with two attached hydrogens (primary N) is 1. The van der Waals surface area contributed by atoms with Crippen LogP contribution in [0.3, 0.4) is 0 Å². The molecule has 0 saturated carbocycles. The summed E-state index contributed by atoms with van der Waals surface area (Å²) in [5, 5.41) is 7.47. The van der Waals surface area contributed by atoms with Gasteiger partial charge in [0.15, 0.2) is 5.65 Å². The lowest BCUT2D eigenvalue weighted by Crippen LogP contribution is -2.28. The van der Waals surface area contributed by atoms with Crippen molar-refractivity contribution in [3.63, 3.8) is 0 Å². The first-order valence-electron chi connectivity index (χ1n) is 9.23. The first kappa shape index (κ1) is 20.2. The van der Waals surface area contributed by atoms with Crippen molar-refractivity contribution in [1.82, 2.24) is 19.3 Å². The highest BCUT2D eigenvalue weighted by atomic mass is 16.2. The predicted octanol–water partition coefficient (Wildman–Crippen LogP) is 1.78. The van der Waals surface area contributed by atoms with Gasteiger partial charge in [-0.15, -0.1) is 0 Å². The maximum Gasteiger partial charge on any atom is 0.264 e. The fourth-order valence-electron chi connectivity index (χ4n) is 3.02. The molecule has 0 unspecified atom stereocenters. The Morgan fingerprint density at radius 3 is 2.41 bits per heavy atom. The third-order valence-electron chi connectivity index (χ3n) is 4.53. The second-order valence-corrected chi connectivity index (χ2v) is 7.82. The second kappa shape index (κ2) is 7.50. The number of aryl methyl sites for hydroxylation is 1. The summed E-state index contributed by atoms with van der Waals surface area (Å²) in [4.78, 5) is 40.8. The molecule has 9 nitrogen and oxygen atoms in total. The molecule has 0 aliphatic rings. The van der Waals surface area contributed by atoms with Crippen LogP contribution in [-0.2, 0) is 16.9 Å². The number of hydrogen-bond acceptors (Lipinski definition) is 5. The molecule has 3 N–H and O–H groups in total. The standard InChI is InChI=1S/C20H24N6O3/c1-12-23-18-15(11-22-26(18)20(2,3)4)19(29)25(12)10-9-16(27)24-14-7-5-13(6-8-14)17(21)28/h5-8,11H,9-10H2,1-4H3,(H2,21,28)(H,24,27). The Morgan fingerprint density at radius 1 is 1.17 bits per heavy atom.